The molecule has 0 aromatic rings. The van der Waals surface area contributed by atoms with Gasteiger partial charge in [-0.25, -0.2) is 4.57 Å². The Bertz CT molecular complexity index is 2380. The first kappa shape index (κ1) is 90.6. The first-order valence-electron chi connectivity index (χ1n) is 37.8. The zero-order valence-corrected chi connectivity index (χ0v) is 62.4. The van der Waals surface area contributed by atoms with Crippen LogP contribution in [0.2, 0.25) is 0 Å². The van der Waals surface area contributed by atoms with Crippen LogP contribution in [0.25, 0.3) is 0 Å². The Morgan fingerprint density at radius 3 is 0.833 bits per heavy atom. The molecule has 0 aliphatic rings. The van der Waals surface area contributed by atoms with Gasteiger partial charge in [0.05, 0.1) is 27.7 Å². The molecular weight excluding hydrogens is 1210 g/mol. The van der Waals surface area contributed by atoms with Gasteiger partial charge in [0, 0.05) is 12.8 Å². The number of ether oxygens (including phenoxy) is 2. The number of carbonyl (C=O) groups is 2. The Hall–Kier alpha value is -5.41. The minimum absolute atomic E-state index is 0.0172. The molecule has 0 aromatic heterocycles. The van der Waals surface area contributed by atoms with E-state index < -0.39 is 26.5 Å². The maximum Gasteiger partial charge on any atom is 0.472 e. The average Bonchev–Trinajstić information content (AvgIpc) is 1.48. The predicted octanol–water partition coefficient (Wildman–Crippen LogP) is 25.4. The first-order chi connectivity index (χ1) is 47.0. The number of carbonyl (C=O) groups excluding carboxylic acids is 2. The number of likely N-dealkylation sites (N-methyl/N-ethyl adjacent to an activating group) is 1. The van der Waals surface area contributed by atoms with Gasteiger partial charge >= 0.3 is 19.8 Å². The summed E-state index contributed by atoms with van der Waals surface area (Å²) < 4.78 is 34.7. The number of allylic oxidation sites excluding steroid dienone is 34. The molecule has 2 unspecified atom stereocenters. The van der Waals surface area contributed by atoms with E-state index in [9.17, 15) is 19.0 Å². The van der Waals surface area contributed by atoms with E-state index in [4.69, 9.17) is 18.5 Å². The molecule has 0 fully saturated rings. The molecule has 0 radical (unpaired) electrons. The van der Waals surface area contributed by atoms with Crippen LogP contribution in [-0.2, 0) is 32.7 Å². The lowest BCUT2D eigenvalue weighted by Gasteiger charge is -2.24. The van der Waals surface area contributed by atoms with Gasteiger partial charge in [-0.1, -0.05) is 317 Å². The maximum atomic E-state index is 12.9. The lowest BCUT2D eigenvalue weighted by molar-refractivity contribution is -0.870. The van der Waals surface area contributed by atoms with E-state index in [0.717, 1.165) is 161 Å². The molecule has 96 heavy (non-hydrogen) atoms. The van der Waals surface area contributed by atoms with Crippen LogP contribution in [0.15, 0.2) is 207 Å². The molecule has 0 amide bonds. The molecule has 1 N–H and O–H groups in total. The molecule has 0 saturated carbocycles. The fourth-order valence-electron chi connectivity index (χ4n) is 9.61. The van der Waals surface area contributed by atoms with E-state index in [2.05, 4.69) is 220 Å². The van der Waals surface area contributed by atoms with Gasteiger partial charge < -0.3 is 18.9 Å². The molecule has 0 aliphatic heterocycles. The third kappa shape index (κ3) is 77.6. The molecule has 0 aromatic carbocycles. The van der Waals surface area contributed by atoms with E-state index in [-0.39, 0.29) is 32.0 Å². The van der Waals surface area contributed by atoms with E-state index in [0.29, 0.717) is 17.4 Å². The van der Waals surface area contributed by atoms with Crippen LogP contribution in [0.1, 0.15) is 271 Å². The first-order valence-corrected chi connectivity index (χ1v) is 39.3. The second-order valence-corrected chi connectivity index (χ2v) is 27.0. The zero-order chi connectivity index (χ0) is 69.7. The van der Waals surface area contributed by atoms with Gasteiger partial charge in [-0.15, -0.1) is 0 Å². The maximum absolute atomic E-state index is 12.9. The highest BCUT2D eigenvalue weighted by molar-refractivity contribution is 7.47. The van der Waals surface area contributed by atoms with Crippen molar-refractivity contribution in [1.82, 2.24) is 0 Å². The van der Waals surface area contributed by atoms with Crippen LogP contribution in [0.4, 0.5) is 0 Å². The van der Waals surface area contributed by atoms with Crippen molar-refractivity contribution in [3.05, 3.63) is 207 Å². The average molecular weight is 1350 g/mol. The summed E-state index contributed by atoms with van der Waals surface area (Å²) in [6.45, 7) is 4.17. The number of phosphoric acid groups is 1. The van der Waals surface area contributed by atoms with Gasteiger partial charge in [-0.05, 0) is 148 Å². The fraction of sp³-hybridized carbons (Fsp3) is 0.581. The Balaban J connectivity index is 4.12. The molecule has 0 rings (SSSR count). The van der Waals surface area contributed by atoms with Gasteiger partial charge in [0.15, 0.2) is 6.10 Å². The van der Waals surface area contributed by atoms with Crippen molar-refractivity contribution in [2.75, 3.05) is 47.5 Å². The van der Waals surface area contributed by atoms with Gasteiger partial charge in [0.2, 0.25) is 0 Å². The van der Waals surface area contributed by atoms with Gasteiger partial charge in [0.1, 0.15) is 19.8 Å². The zero-order valence-electron chi connectivity index (χ0n) is 61.5. The van der Waals surface area contributed by atoms with Crippen molar-refractivity contribution < 1.29 is 42.1 Å². The highest BCUT2D eigenvalue weighted by Gasteiger charge is 2.27. The summed E-state index contributed by atoms with van der Waals surface area (Å²) >= 11 is 0. The number of unbranched alkanes of at least 4 members (excludes halogenated alkanes) is 19. The van der Waals surface area contributed by atoms with Gasteiger partial charge in [-0.3, -0.25) is 18.6 Å². The van der Waals surface area contributed by atoms with Crippen molar-refractivity contribution in [2.24, 2.45) is 0 Å². The Morgan fingerprint density at radius 2 is 0.562 bits per heavy atom. The summed E-state index contributed by atoms with van der Waals surface area (Å²) in [4.78, 5) is 35.9. The quantitative estimate of drug-likeness (QED) is 0.0211. The molecule has 540 valence electrons. The molecule has 0 heterocycles. The number of phosphoric ester groups is 1. The third-order valence-electron chi connectivity index (χ3n) is 15.3. The molecule has 9 nitrogen and oxygen atoms in total. The number of rotatable bonds is 67. The van der Waals surface area contributed by atoms with Crippen molar-refractivity contribution in [1.29, 1.82) is 0 Å². The smallest absolute Gasteiger partial charge is 0.462 e. The molecule has 10 heteroatoms. The number of nitrogens with zero attached hydrogens (tertiary/aromatic N) is 1. The van der Waals surface area contributed by atoms with Crippen molar-refractivity contribution in [3.8, 4) is 0 Å². The normalized spacial score (nSPS) is 14.3. The van der Waals surface area contributed by atoms with E-state index in [1.807, 2.05) is 21.1 Å². The summed E-state index contributed by atoms with van der Waals surface area (Å²) in [5, 5.41) is 0. The molecule has 0 aliphatic carbocycles. The van der Waals surface area contributed by atoms with Crippen molar-refractivity contribution in [3.63, 3.8) is 0 Å². The van der Waals surface area contributed by atoms with Crippen molar-refractivity contribution in [2.45, 2.75) is 277 Å². The summed E-state index contributed by atoms with van der Waals surface area (Å²) in [6, 6.07) is 0. The topological polar surface area (TPSA) is 108 Å². The van der Waals surface area contributed by atoms with Crippen molar-refractivity contribution >= 4 is 19.8 Å². The van der Waals surface area contributed by atoms with Crippen LogP contribution in [-0.4, -0.2) is 74.9 Å². The van der Waals surface area contributed by atoms with Crippen LogP contribution in [0.3, 0.4) is 0 Å². The number of hydrogen-bond acceptors (Lipinski definition) is 7. The monoisotopic (exact) mass is 1350 g/mol. The third-order valence-corrected chi connectivity index (χ3v) is 16.3. The number of hydrogen-bond donors (Lipinski definition) is 1. The highest BCUT2D eigenvalue weighted by atomic mass is 31.2. The van der Waals surface area contributed by atoms with Crippen LogP contribution >= 0.6 is 7.82 Å². The van der Waals surface area contributed by atoms with Crippen LogP contribution in [0, 0.1) is 0 Å². The second kappa shape index (κ2) is 73.8. The summed E-state index contributed by atoms with van der Waals surface area (Å²) in [7, 11) is 1.44. The molecule has 2 atom stereocenters. The van der Waals surface area contributed by atoms with Gasteiger partial charge in [0.25, 0.3) is 0 Å². The fourth-order valence-corrected chi connectivity index (χ4v) is 10.4. The Morgan fingerprint density at radius 1 is 0.323 bits per heavy atom. The number of esters is 2. The number of quaternary nitrogens is 1. The molecular formula is C86H139NO8P+. The largest absolute Gasteiger partial charge is 0.472 e. The predicted molar refractivity (Wildman–Crippen MR) is 417 cm³/mol. The van der Waals surface area contributed by atoms with E-state index >= 15 is 0 Å². The lowest BCUT2D eigenvalue weighted by Crippen LogP contribution is -2.37. The molecule has 0 saturated heterocycles. The minimum atomic E-state index is -4.42. The minimum Gasteiger partial charge on any atom is -0.462 e. The second-order valence-electron chi connectivity index (χ2n) is 25.6. The molecule has 0 bridgehead atoms. The van der Waals surface area contributed by atoms with Gasteiger partial charge in [-0.2, -0.15) is 0 Å². The molecule has 0 spiro atoms. The van der Waals surface area contributed by atoms with E-state index in [1.165, 1.54) is 77.0 Å². The Labute approximate surface area is 589 Å². The Kier molecular flexibility index (Phi) is 69.7. The summed E-state index contributed by atoms with van der Waals surface area (Å²) in [5.41, 5.74) is 0. The summed E-state index contributed by atoms with van der Waals surface area (Å²) in [6.07, 6.45) is 117. The summed E-state index contributed by atoms with van der Waals surface area (Å²) in [5.74, 6) is -0.831. The van der Waals surface area contributed by atoms with E-state index in [1.54, 1.807) is 0 Å². The highest BCUT2D eigenvalue weighted by Crippen LogP contribution is 2.43. The van der Waals surface area contributed by atoms with Crippen LogP contribution in [0.5, 0.6) is 0 Å². The lowest BCUT2D eigenvalue weighted by atomic mass is 10.0. The standard InChI is InChI=1S/C86H138NO8P/c1-6-8-10-12-14-16-18-20-22-24-26-28-30-32-34-36-38-40-41-42-43-44-45-47-48-50-52-54-56-58-60-62-64-66-68-70-72-74-76-78-85(88)92-82-84(83-94-96(90,91)93-81-80-87(3,4)5)95-86(89)79-77-75-73-71-69-67-65-63-61-59-57-55-53-51-49-46-39-37-35-33-31-29-27-25-23-21-19-17-15-13-11-9-7-2/h8-11,14-17,20-23,26-29,32-35,38-40,42-43,45-47,51,53,57,59,63,65,84H,6-7,12-13,18-19,24-25,30-31,36-37,41,44,48-50,52,54-56,58,60-62,64,66-83H2,1-5H3/p+1/b10-8-,11-9-,16-14-,17-15-,22-20-,23-21-,28-26-,29-27-,34-32-,35-33-,40-38-,43-42-,46-39-,47-45-,53-51-,59-57-,65-63-. The SMILES string of the molecule is CC/C=C\C/C=C\C/C=C\C/C=C\C/C=C\C/C=C\C/C=C\C/C=C\C/C=C\CCCCCCCC(=O)OC(COC(=O)CCCCCCCCCCCCCCCC/C=C\C/C=C\C/C=C\C/C=C\C/C=C\C/C=C\C/C=C\C/C=C\CC)COP(=O)(O)OCC[N+](C)(C)C. The van der Waals surface area contributed by atoms with Crippen LogP contribution < -0.4 is 0 Å².